The van der Waals surface area contributed by atoms with Gasteiger partial charge in [-0.05, 0) is 53.4 Å². The van der Waals surface area contributed by atoms with Gasteiger partial charge in [0.15, 0.2) is 0 Å². The minimum atomic E-state index is -0.950. The first kappa shape index (κ1) is 21.2. The molecule has 3 aromatic carbocycles. The summed E-state index contributed by atoms with van der Waals surface area (Å²) < 4.78 is 1.94. The van der Waals surface area contributed by atoms with Gasteiger partial charge in [0.2, 0.25) is 5.56 Å². The van der Waals surface area contributed by atoms with Crippen LogP contribution in [-0.4, -0.2) is 14.5 Å². The molecule has 0 saturated heterocycles. The van der Waals surface area contributed by atoms with Crippen LogP contribution in [0.25, 0.3) is 22.0 Å². The van der Waals surface area contributed by atoms with E-state index < -0.39 is 5.54 Å². The van der Waals surface area contributed by atoms with Gasteiger partial charge in [-0.2, -0.15) is 0 Å². The summed E-state index contributed by atoms with van der Waals surface area (Å²) in [5, 5.41) is 1.50. The van der Waals surface area contributed by atoms with E-state index in [0.717, 1.165) is 44.4 Å². The number of nitrogens with zero attached hydrogens (tertiary/aromatic N) is 2. The normalized spacial score (nSPS) is 13.2. The van der Waals surface area contributed by atoms with E-state index in [9.17, 15) is 4.79 Å². The van der Waals surface area contributed by atoms with Crippen molar-refractivity contribution in [1.82, 2.24) is 14.5 Å². The number of rotatable bonds is 4. The van der Waals surface area contributed by atoms with Crippen molar-refractivity contribution >= 4 is 22.5 Å². The molecule has 5 aromatic rings. The smallest absolute Gasteiger partial charge is 0.249 e. The number of nitrogens with two attached hydrogens (primary N) is 1. The Balaban J connectivity index is 1.81. The van der Waals surface area contributed by atoms with E-state index in [2.05, 4.69) is 41.2 Å². The van der Waals surface area contributed by atoms with Crippen LogP contribution in [0.4, 0.5) is 0 Å². The second-order valence-corrected chi connectivity index (χ2v) is 8.82. The summed E-state index contributed by atoms with van der Waals surface area (Å²) in [6.45, 7) is 2.05. The number of H-pyrrole nitrogens is 1. The Kier molecular flexibility index (Phi) is 5.16. The van der Waals surface area contributed by atoms with E-state index in [1.165, 1.54) is 0 Å². The predicted octanol–water partition coefficient (Wildman–Crippen LogP) is 5.14. The van der Waals surface area contributed by atoms with Crippen molar-refractivity contribution in [2.24, 2.45) is 12.8 Å². The molecule has 0 radical (unpaired) electrons. The number of aromatic nitrogens is 3. The third-order valence-corrected chi connectivity index (χ3v) is 6.40. The van der Waals surface area contributed by atoms with Crippen molar-refractivity contribution < 1.29 is 0 Å². The van der Waals surface area contributed by atoms with Gasteiger partial charge in [0.25, 0.3) is 0 Å². The van der Waals surface area contributed by atoms with Crippen LogP contribution in [0.5, 0.6) is 0 Å². The highest BCUT2D eigenvalue weighted by molar-refractivity contribution is 6.30. The summed E-state index contributed by atoms with van der Waals surface area (Å²) in [5.74, 6) is 0. The van der Waals surface area contributed by atoms with E-state index in [0.29, 0.717) is 5.02 Å². The average Bonchev–Trinajstić information content (AvgIpc) is 3.24. The lowest BCUT2D eigenvalue weighted by Gasteiger charge is -2.31. The lowest BCUT2D eigenvalue weighted by molar-refractivity contribution is 0.596. The number of halogens is 1. The van der Waals surface area contributed by atoms with Gasteiger partial charge in [-0.15, -0.1) is 0 Å². The number of fused-ring (bicyclic) bond motifs is 1. The summed E-state index contributed by atoms with van der Waals surface area (Å²) in [6, 6.07) is 23.3. The van der Waals surface area contributed by atoms with Gasteiger partial charge < -0.3 is 15.3 Å². The highest BCUT2D eigenvalue weighted by atomic mass is 35.5. The molecule has 2 aromatic heterocycles. The van der Waals surface area contributed by atoms with Gasteiger partial charge in [-0.25, -0.2) is 4.98 Å². The number of nitrogens with one attached hydrogen (secondary N) is 1. The third-order valence-electron chi connectivity index (χ3n) is 6.16. The fraction of sp³-hybridized carbons (Fsp3) is 0.111. The Morgan fingerprint density at radius 1 is 1.00 bits per heavy atom. The molecule has 0 aliphatic rings. The number of benzene rings is 3. The monoisotopic (exact) mass is 454 g/mol. The molecular formula is C27H23ClN4O. The molecule has 1 unspecified atom stereocenters. The third kappa shape index (κ3) is 3.65. The molecule has 0 fully saturated rings. The molecule has 1 atom stereocenters. The van der Waals surface area contributed by atoms with Gasteiger partial charge in [0.1, 0.15) is 5.54 Å². The summed E-state index contributed by atoms with van der Waals surface area (Å²) in [6.07, 6.45) is 3.55. The zero-order valence-electron chi connectivity index (χ0n) is 18.3. The Labute approximate surface area is 196 Å². The quantitative estimate of drug-likeness (QED) is 0.394. The van der Waals surface area contributed by atoms with Crippen molar-refractivity contribution in [2.45, 2.75) is 12.5 Å². The van der Waals surface area contributed by atoms with Gasteiger partial charge in [-0.1, -0.05) is 59.6 Å². The molecule has 5 rings (SSSR count). The van der Waals surface area contributed by atoms with Crippen LogP contribution in [0.3, 0.4) is 0 Å². The second-order valence-electron chi connectivity index (χ2n) is 8.38. The molecule has 5 nitrogen and oxygen atoms in total. The van der Waals surface area contributed by atoms with Crippen LogP contribution in [0.2, 0.25) is 5.02 Å². The lowest BCUT2D eigenvalue weighted by Crippen LogP contribution is -2.41. The molecule has 0 amide bonds. The fourth-order valence-corrected chi connectivity index (χ4v) is 4.60. The summed E-state index contributed by atoms with van der Waals surface area (Å²) in [7, 11) is 1.94. The van der Waals surface area contributed by atoms with Crippen LogP contribution in [0.1, 0.15) is 22.4 Å². The van der Waals surface area contributed by atoms with E-state index in [1.54, 1.807) is 18.6 Å². The standard InChI is InChI=1S/C27H23ClN4O/c1-17-6-8-19(9-7-17)27(29,25-15-30-16-32(25)2)20-10-11-24-23(13-20)22(14-26(33)31-24)18-4-3-5-21(28)12-18/h3-16H,29H2,1-2H3,(H,31,33). The van der Waals surface area contributed by atoms with Crippen LogP contribution in [-0.2, 0) is 12.6 Å². The maximum atomic E-state index is 12.4. The Morgan fingerprint density at radius 2 is 1.76 bits per heavy atom. The summed E-state index contributed by atoms with van der Waals surface area (Å²) >= 11 is 6.25. The largest absolute Gasteiger partial charge is 0.336 e. The van der Waals surface area contributed by atoms with Gasteiger partial charge in [0.05, 0.1) is 18.2 Å². The maximum absolute atomic E-state index is 12.4. The minimum Gasteiger partial charge on any atom is -0.336 e. The van der Waals surface area contributed by atoms with Gasteiger partial charge in [-0.3, -0.25) is 4.79 Å². The molecule has 0 aliphatic carbocycles. The van der Waals surface area contributed by atoms with Crippen molar-refractivity contribution in [3.05, 3.63) is 123 Å². The van der Waals surface area contributed by atoms with Crippen molar-refractivity contribution in [3.8, 4) is 11.1 Å². The molecule has 0 spiro atoms. The number of pyridine rings is 1. The first-order valence-corrected chi connectivity index (χ1v) is 11.0. The predicted molar refractivity (Wildman–Crippen MR) is 133 cm³/mol. The Bertz CT molecular complexity index is 1530. The highest BCUT2D eigenvalue weighted by Crippen LogP contribution is 2.37. The van der Waals surface area contributed by atoms with E-state index >= 15 is 0 Å². The lowest BCUT2D eigenvalue weighted by atomic mass is 9.80. The van der Waals surface area contributed by atoms with Crippen LogP contribution >= 0.6 is 11.6 Å². The van der Waals surface area contributed by atoms with E-state index in [-0.39, 0.29) is 5.56 Å². The minimum absolute atomic E-state index is 0.172. The van der Waals surface area contributed by atoms with Gasteiger partial charge in [0, 0.05) is 29.0 Å². The van der Waals surface area contributed by atoms with E-state index in [1.807, 2.05) is 54.1 Å². The SMILES string of the molecule is Cc1ccc(C(N)(c2ccc3[nH]c(=O)cc(-c4cccc(Cl)c4)c3c2)c2cncn2C)cc1. The molecule has 33 heavy (non-hydrogen) atoms. The number of hydrogen-bond acceptors (Lipinski definition) is 3. The Morgan fingerprint density at radius 3 is 2.45 bits per heavy atom. The molecule has 164 valence electrons. The molecule has 0 bridgehead atoms. The highest BCUT2D eigenvalue weighted by Gasteiger charge is 2.35. The number of aryl methyl sites for hydroxylation is 2. The van der Waals surface area contributed by atoms with Crippen molar-refractivity contribution in [1.29, 1.82) is 0 Å². The van der Waals surface area contributed by atoms with Crippen molar-refractivity contribution in [2.75, 3.05) is 0 Å². The fourth-order valence-electron chi connectivity index (χ4n) is 4.41. The van der Waals surface area contributed by atoms with Gasteiger partial charge >= 0.3 is 0 Å². The zero-order valence-corrected chi connectivity index (χ0v) is 19.1. The van der Waals surface area contributed by atoms with Crippen LogP contribution in [0.15, 0.2) is 90.1 Å². The number of aromatic amines is 1. The first-order valence-electron chi connectivity index (χ1n) is 10.6. The molecule has 2 heterocycles. The first-order chi connectivity index (χ1) is 15.9. The van der Waals surface area contributed by atoms with Crippen LogP contribution < -0.4 is 11.3 Å². The zero-order chi connectivity index (χ0) is 23.2. The van der Waals surface area contributed by atoms with Crippen LogP contribution in [0, 0.1) is 6.92 Å². The summed E-state index contributed by atoms with van der Waals surface area (Å²) in [5.41, 5.74) is 12.4. The molecule has 0 aliphatic heterocycles. The number of imidazole rings is 1. The molecule has 0 saturated carbocycles. The van der Waals surface area contributed by atoms with Crippen molar-refractivity contribution in [3.63, 3.8) is 0 Å². The second kappa shape index (κ2) is 8.03. The average molecular weight is 455 g/mol. The van der Waals surface area contributed by atoms with E-state index in [4.69, 9.17) is 17.3 Å². The topological polar surface area (TPSA) is 76.7 Å². The molecule has 6 heteroatoms. The molecule has 3 N–H and O–H groups in total. The molecular weight excluding hydrogens is 432 g/mol. The number of hydrogen-bond donors (Lipinski definition) is 2. The maximum Gasteiger partial charge on any atom is 0.249 e. The Hall–Kier alpha value is -3.67. The summed E-state index contributed by atoms with van der Waals surface area (Å²) in [4.78, 5) is 19.7.